The van der Waals surface area contributed by atoms with Gasteiger partial charge >= 0.3 is 12.1 Å². The van der Waals surface area contributed by atoms with Gasteiger partial charge in [-0.05, 0) is 20.8 Å². The highest BCUT2D eigenvalue weighted by molar-refractivity contribution is 5.76. The average molecular weight is 305 g/mol. The summed E-state index contributed by atoms with van der Waals surface area (Å²) in [5.74, 6) is -0.631. The normalized spacial score (nSPS) is 29.0. The molecule has 0 aliphatic carbocycles. The van der Waals surface area contributed by atoms with Crippen LogP contribution < -0.4 is 5.32 Å². The molecule has 1 rings (SSSR count). The molecule has 0 bridgehead atoms. The fourth-order valence-corrected chi connectivity index (χ4v) is 2.10. The third-order valence-corrected chi connectivity index (χ3v) is 2.94. The summed E-state index contributed by atoms with van der Waals surface area (Å²) in [5, 5.41) is 11.9. The molecule has 0 radical (unpaired) electrons. The van der Waals surface area contributed by atoms with Crippen LogP contribution in [0.1, 0.15) is 20.8 Å². The zero-order valence-corrected chi connectivity index (χ0v) is 12.9. The van der Waals surface area contributed by atoms with Gasteiger partial charge in [0.05, 0.1) is 19.8 Å². The molecular weight excluding hydrogens is 282 g/mol. The van der Waals surface area contributed by atoms with Crippen molar-refractivity contribution in [1.82, 2.24) is 5.32 Å². The van der Waals surface area contributed by atoms with E-state index in [1.54, 1.807) is 20.8 Å². The van der Waals surface area contributed by atoms with Gasteiger partial charge in [0.25, 0.3) is 0 Å². The molecule has 0 aromatic heterocycles. The molecule has 1 aliphatic rings. The Morgan fingerprint density at radius 3 is 2.33 bits per heavy atom. The number of alkyl carbamates (subject to hydrolysis) is 1. The maximum absolute atomic E-state index is 11.8. The molecule has 1 saturated heterocycles. The summed E-state index contributed by atoms with van der Waals surface area (Å²) in [7, 11) is 2.61. The van der Waals surface area contributed by atoms with Gasteiger partial charge in [-0.2, -0.15) is 0 Å². The van der Waals surface area contributed by atoms with Gasteiger partial charge in [-0.25, -0.2) is 9.59 Å². The number of esters is 1. The van der Waals surface area contributed by atoms with Crippen molar-refractivity contribution < 1.29 is 33.6 Å². The summed E-state index contributed by atoms with van der Waals surface area (Å²) in [6.07, 6.45) is -3.26. The Kier molecular flexibility index (Phi) is 5.94. The standard InChI is InChI=1S/C13H23NO7/c1-13(2,3)21-12(17)14-8-7(6-15)20-10(9(8)18-4)11(16)19-5/h7-10,15H,6H2,1-5H3,(H,14,17)/t7-,8-,9-,10+/m1/s1. The maximum Gasteiger partial charge on any atom is 0.408 e. The van der Waals surface area contributed by atoms with E-state index in [0.717, 1.165) is 0 Å². The maximum atomic E-state index is 11.8. The van der Waals surface area contributed by atoms with Crippen molar-refractivity contribution in [3.63, 3.8) is 0 Å². The van der Waals surface area contributed by atoms with Crippen LogP contribution in [0.25, 0.3) is 0 Å². The molecule has 21 heavy (non-hydrogen) atoms. The van der Waals surface area contributed by atoms with Gasteiger partial charge in [-0.15, -0.1) is 0 Å². The van der Waals surface area contributed by atoms with Gasteiger partial charge < -0.3 is 29.4 Å². The molecule has 1 heterocycles. The van der Waals surface area contributed by atoms with Crippen LogP contribution in [0.15, 0.2) is 0 Å². The smallest absolute Gasteiger partial charge is 0.408 e. The van der Waals surface area contributed by atoms with E-state index in [2.05, 4.69) is 10.1 Å². The highest BCUT2D eigenvalue weighted by atomic mass is 16.6. The summed E-state index contributed by atoms with van der Waals surface area (Å²) in [6.45, 7) is 4.80. The van der Waals surface area contributed by atoms with Crippen LogP contribution in [-0.2, 0) is 23.7 Å². The van der Waals surface area contributed by atoms with Gasteiger partial charge in [0.1, 0.15) is 17.8 Å². The van der Waals surface area contributed by atoms with E-state index in [1.807, 2.05) is 0 Å². The predicted molar refractivity (Wildman–Crippen MR) is 71.7 cm³/mol. The minimum atomic E-state index is -1.02. The Morgan fingerprint density at radius 2 is 1.90 bits per heavy atom. The number of ether oxygens (including phenoxy) is 4. The van der Waals surface area contributed by atoms with Crippen molar-refractivity contribution >= 4 is 12.1 Å². The average Bonchev–Trinajstić information content (AvgIpc) is 2.73. The van der Waals surface area contributed by atoms with Crippen molar-refractivity contribution in [3.8, 4) is 0 Å². The first-order chi connectivity index (χ1) is 9.73. The Balaban J connectivity index is 2.81. The summed E-state index contributed by atoms with van der Waals surface area (Å²) in [6, 6.07) is -0.723. The number of rotatable bonds is 4. The second kappa shape index (κ2) is 7.06. The van der Waals surface area contributed by atoms with E-state index < -0.39 is 42.0 Å². The lowest BCUT2D eigenvalue weighted by molar-refractivity contribution is -0.158. The molecule has 122 valence electrons. The molecule has 0 aromatic carbocycles. The summed E-state index contributed by atoms with van der Waals surface area (Å²) < 4.78 is 20.4. The Hall–Kier alpha value is -1.38. The Morgan fingerprint density at radius 1 is 1.29 bits per heavy atom. The number of methoxy groups -OCH3 is 2. The van der Waals surface area contributed by atoms with Crippen LogP contribution in [-0.4, -0.2) is 68.0 Å². The topological polar surface area (TPSA) is 103 Å². The molecule has 0 saturated carbocycles. The first-order valence-corrected chi connectivity index (χ1v) is 6.60. The number of aliphatic hydroxyl groups excluding tert-OH is 1. The minimum Gasteiger partial charge on any atom is -0.467 e. The van der Waals surface area contributed by atoms with Crippen LogP contribution >= 0.6 is 0 Å². The fourth-order valence-electron chi connectivity index (χ4n) is 2.10. The molecule has 1 fully saturated rings. The zero-order chi connectivity index (χ0) is 16.2. The molecule has 1 amide bonds. The van der Waals surface area contributed by atoms with Crippen molar-refractivity contribution in [2.45, 2.75) is 50.7 Å². The largest absolute Gasteiger partial charge is 0.467 e. The quantitative estimate of drug-likeness (QED) is 0.695. The first kappa shape index (κ1) is 17.7. The van der Waals surface area contributed by atoms with E-state index in [4.69, 9.17) is 14.2 Å². The van der Waals surface area contributed by atoms with Crippen LogP contribution in [0, 0.1) is 0 Å². The van der Waals surface area contributed by atoms with E-state index in [0.29, 0.717) is 0 Å². The van der Waals surface area contributed by atoms with Crippen LogP contribution in [0.2, 0.25) is 0 Å². The molecule has 4 atom stereocenters. The first-order valence-electron chi connectivity index (χ1n) is 6.60. The number of carbonyl (C=O) groups is 2. The molecule has 0 unspecified atom stereocenters. The lowest BCUT2D eigenvalue weighted by Crippen LogP contribution is -2.51. The second-order valence-electron chi connectivity index (χ2n) is 5.67. The van der Waals surface area contributed by atoms with Gasteiger partial charge in [0.2, 0.25) is 0 Å². The number of carbonyl (C=O) groups excluding carboxylic acids is 2. The van der Waals surface area contributed by atoms with Crippen LogP contribution in [0.3, 0.4) is 0 Å². The fraction of sp³-hybridized carbons (Fsp3) is 0.846. The summed E-state index contributed by atoms with van der Waals surface area (Å²) >= 11 is 0. The van der Waals surface area contributed by atoms with Crippen molar-refractivity contribution in [2.75, 3.05) is 20.8 Å². The molecule has 0 aromatic rings. The summed E-state index contributed by atoms with van der Waals surface area (Å²) in [5.41, 5.74) is -0.664. The van der Waals surface area contributed by atoms with Crippen LogP contribution in [0.5, 0.6) is 0 Å². The Bertz CT molecular complexity index is 379. The highest BCUT2D eigenvalue weighted by Crippen LogP contribution is 2.25. The van der Waals surface area contributed by atoms with E-state index in [9.17, 15) is 14.7 Å². The zero-order valence-electron chi connectivity index (χ0n) is 12.9. The number of nitrogens with one attached hydrogen (secondary N) is 1. The van der Waals surface area contributed by atoms with E-state index in [1.165, 1.54) is 14.2 Å². The Labute approximate surface area is 123 Å². The SMILES string of the molecule is COC(=O)[C@H]1O[C@H](CO)[C@@H](NC(=O)OC(C)(C)C)[C@H]1OC. The van der Waals surface area contributed by atoms with Gasteiger partial charge in [-0.1, -0.05) is 0 Å². The van der Waals surface area contributed by atoms with Crippen molar-refractivity contribution in [2.24, 2.45) is 0 Å². The molecule has 2 N–H and O–H groups in total. The summed E-state index contributed by atoms with van der Waals surface area (Å²) in [4.78, 5) is 23.5. The van der Waals surface area contributed by atoms with Gasteiger partial charge in [-0.3, -0.25) is 0 Å². The minimum absolute atomic E-state index is 0.381. The molecular formula is C13H23NO7. The third kappa shape index (κ3) is 4.55. The molecule has 0 spiro atoms. The number of hydrogen-bond acceptors (Lipinski definition) is 7. The van der Waals surface area contributed by atoms with Crippen LogP contribution in [0.4, 0.5) is 4.79 Å². The van der Waals surface area contributed by atoms with Crippen molar-refractivity contribution in [1.29, 1.82) is 0 Å². The lowest BCUT2D eigenvalue weighted by Gasteiger charge is -2.25. The predicted octanol–water partition coefficient (Wildman–Crippen LogP) is -0.173. The van der Waals surface area contributed by atoms with Gasteiger partial charge in [0.15, 0.2) is 6.10 Å². The second-order valence-corrected chi connectivity index (χ2v) is 5.67. The molecule has 8 nitrogen and oxygen atoms in total. The van der Waals surface area contributed by atoms with E-state index in [-0.39, 0.29) is 6.61 Å². The number of hydrogen-bond donors (Lipinski definition) is 2. The van der Waals surface area contributed by atoms with Crippen molar-refractivity contribution in [3.05, 3.63) is 0 Å². The monoisotopic (exact) mass is 305 g/mol. The molecule has 1 aliphatic heterocycles. The van der Waals surface area contributed by atoms with E-state index >= 15 is 0 Å². The number of amides is 1. The number of aliphatic hydroxyl groups is 1. The lowest BCUT2D eigenvalue weighted by atomic mass is 10.0. The van der Waals surface area contributed by atoms with Gasteiger partial charge in [0, 0.05) is 7.11 Å². The third-order valence-electron chi connectivity index (χ3n) is 2.94. The highest BCUT2D eigenvalue weighted by Gasteiger charge is 2.49. The molecule has 8 heteroatoms.